The molecule has 3 fully saturated rings. The van der Waals surface area contributed by atoms with Gasteiger partial charge in [0.05, 0.1) is 12.0 Å². The van der Waals surface area contributed by atoms with Crippen LogP contribution in [0.3, 0.4) is 0 Å². The number of hydrazine groups is 1. The summed E-state index contributed by atoms with van der Waals surface area (Å²) >= 11 is 0. The van der Waals surface area contributed by atoms with Gasteiger partial charge in [-0.3, -0.25) is 24.6 Å². The topological polar surface area (TPSA) is 163 Å². The second-order valence-corrected chi connectivity index (χ2v) is 7.39. The first-order valence-corrected chi connectivity index (χ1v) is 9.05. The minimum Gasteiger partial charge on any atom is -0.327 e. The van der Waals surface area contributed by atoms with Crippen molar-refractivity contribution in [2.75, 3.05) is 13.6 Å². The Kier molecular flexibility index (Phi) is 4.35. The second-order valence-electron chi connectivity index (χ2n) is 6.39. The highest BCUT2D eigenvalue weighted by Gasteiger charge is 2.50. The molecule has 0 aromatic heterocycles. The number of rotatable bonds is 4. The highest BCUT2D eigenvalue weighted by Crippen LogP contribution is 2.31. The molecule has 0 aromatic carbocycles. The predicted molar refractivity (Wildman–Crippen MR) is 80.4 cm³/mol. The summed E-state index contributed by atoms with van der Waals surface area (Å²) in [5.41, 5.74) is 8.04. The average molecular weight is 377 g/mol. The van der Waals surface area contributed by atoms with Crippen molar-refractivity contribution in [2.45, 2.75) is 37.4 Å². The Morgan fingerprint density at radius 2 is 2.04 bits per heavy atom. The largest absolute Gasteiger partial charge is 0.418 e. The van der Waals surface area contributed by atoms with Crippen molar-refractivity contribution in [2.24, 2.45) is 11.7 Å². The molecule has 2 aliphatic heterocycles. The molecule has 0 spiro atoms. The van der Waals surface area contributed by atoms with E-state index in [9.17, 15) is 22.8 Å². The highest BCUT2D eigenvalue weighted by atomic mass is 32.3. The van der Waals surface area contributed by atoms with Crippen molar-refractivity contribution in [3.8, 4) is 0 Å². The van der Waals surface area contributed by atoms with Gasteiger partial charge in [-0.05, 0) is 19.3 Å². The quantitative estimate of drug-likeness (QED) is 0.368. The Hall–Kier alpha value is -1.96. The molecule has 25 heavy (non-hydrogen) atoms. The summed E-state index contributed by atoms with van der Waals surface area (Å²) in [5, 5.41) is 1.61. The molecule has 0 radical (unpaired) electrons. The smallest absolute Gasteiger partial charge is 0.327 e. The molecule has 0 aromatic rings. The number of fused-ring (bicyclic) bond motifs is 2. The van der Waals surface area contributed by atoms with Gasteiger partial charge in [-0.25, -0.2) is 4.79 Å². The van der Waals surface area contributed by atoms with Crippen LogP contribution in [0.4, 0.5) is 4.79 Å². The van der Waals surface area contributed by atoms with Gasteiger partial charge >= 0.3 is 16.4 Å². The van der Waals surface area contributed by atoms with Crippen LogP contribution in [0.1, 0.15) is 19.3 Å². The van der Waals surface area contributed by atoms with Crippen LogP contribution in [-0.4, -0.2) is 77.5 Å². The van der Waals surface area contributed by atoms with Gasteiger partial charge in [0.25, 0.3) is 5.91 Å². The lowest BCUT2D eigenvalue weighted by atomic mass is 10.0. The van der Waals surface area contributed by atoms with E-state index in [2.05, 4.69) is 9.71 Å². The van der Waals surface area contributed by atoms with Gasteiger partial charge in [-0.2, -0.15) is 13.5 Å². The molecule has 1 saturated carbocycles. The predicted octanol–water partition coefficient (Wildman–Crippen LogP) is -2.17. The number of piperidine rings is 1. The molecular weight excluding hydrogens is 358 g/mol. The van der Waals surface area contributed by atoms with Crippen LogP contribution in [0.5, 0.6) is 0 Å². The normalized spacial score (nSPS) is 31.1. The van der Waals surface area contributed by atoms with E-state index in [0.717, 1.165) is 9.91 Å². The molecule has 2 heterocycles. The number of urea groups is 1. The van der Waals surface area contributed by atoms with Crippen LogP contribution in [0.15, 0.2) is 0 Å². The molecule has 140 valence electrons. The summed E-state index contributed by atoms with van der Waals surface area (Å²) in [7, 11) is -3.44. The molecule has 3 rings (SSSR count). The number of amides is 4. The van der Waals surface area contributed by atoms with Crippen LogP contribution in [-0.2, 0) is 24.3 Å². The molecule has 1 aliphatic carbocycles. The van der Waals surface area contributed by atoms with Gasteiger partial charge in [-0.15, -0.1) is 4.28 Å². The van der Waals surface area contributed by atoms with E-state index < -0.39 is 34.4 Å². The monoisotopic (exact) mass is 377 g/mol. The number of hydroxylamine groups is 2. The summed E-state index contributed by atoms with van der Waals surface area (Å²) in [6.07, 6.45) is 1.14. The van der Waals surface area contributed by atoms with Gasteiger partial charge in [-0.1, -0.05) is 0 Å². The molecule has 2 saturated heterocycles. The molecule has 3 aliphatic rings. The van der Waals surface area contributed by atoms with Crippen molar-refractivity contribution >= 4 is 28.2 Å². The summed E-state index contributed by atoms with van der Waals surface area (Å²) in [4.78, 5) is 37.8. The van der Waals surface area contributed by atoms with Crippen LogP contribution in [0.2, 0.25) is 0 Å². The van der Waals surface area contributed by atoms with Gasteiger partial charge in [0.15, 0.2) is 0 Å². The van der Waals surface area contributed by atoms with Crippen molar-refractivity contribution in [3.63, 3.8) is 0 Å². The number of nitrogens with two attached hydrogens (primary N) is 1. The summed E-state index contributed by atoms with van der Waals surface area (Å²) in [6.45, 7) is 0.0810. The molecule has 13 heteroatoms. The number of nitrogens with zero attached hydrogens (tertiary/aromatic N) is 3. The fourth-order valence-electron chi connectivity index (χ4n) is 3.15. The van der Waals surface area contributed by atoms with Gasteiger partial charge < -0.3 is 10.6 Å². The van der Waals surface area contributed by atoms with Crippen LogP contribution >= 0.6 is 0 Å². The zero-order valence-corrected chi connectivity index (χ0v) is 14.2. The molecule has 4 amide bonds. The van der Waals surface area contributed by atoms with Gasteiger partial charge in [0.1, 0.15) is 6.04 Å². The minimum absolute atomic E-state index is 0.0810. The zero-order valence-electron chi connectivity index (χ0n) is 13.4. The van der Waals surface area contributed by atoms with E-state index in [-0.39, 0.29) is 30.8 Å². The number of carbonyl (C=O) groups excluding carboxylic acids is 3. The zero-order chi connectivity index (χ0) is 18.5. The van der Waals surface area contributed by atoms with Gasteiger partial charge in [0.2, 0.25) is 5.91 Å². The maximum absolute atomic E-state index is 12.4. The minimum atomic E-state index is -4.84. The van der Waals surface area contributed by atoms with Crippen LogP contribution < -0.4 is 11.2 Å². The molecule has 2 bridgehead atoms. The van der Waals surface area contributed by atoms with Crippen molar-refractivity contribution in [1.29, 1.82) is 0 Å². The summed E-state index contributed by atoms with van der Waals surface area (Å²) in [6, 6.07) is -2.49. The van der Waals surface area contributed by atoms with E-state index in [1.54, 1.807) is 0 Å². The molecule has 3 unspecified atom stereocenters. The molecule has 4 N–H and O–H groups in total. The lowest BCUT2D eigenvalue weighted by molar-refractivity contribution is -0.142. The van der Waals surface area contributed by atoms with E-state index >= 15 is 0 Å². The first-order valence-electron chi connectivity index (χ1n) is 7.69. The third kappa shape index (κ3) is 3.53. The maximum Gasteiger partial charge on any atom is 0.418 e. The Bertz CT molecular complexity index is 713. The van der Waals surface area contributed by atoms with E-state index in [1.165, 1.54) is 7.05 Å². The van der Waals surface area contributed by atoms with Crippen LogP contribution in [0, 0.1) is 5.92 Å². The van der Waals surface area contributed by atoms with Gasteiger partial charge in [0, 0.05) is 19.6 Å². The SMILES string of the molecule is CN(NC(=O)[C@@H]1CCC2CN1C(=O)N2OS(=O)(=O)O)C(=O)C1CC1N. The Morgan fingerprint density at radius 1 is 1.40 bits per heavy atom. The highest BCUT2D eigenvalue weighted by molar-refractivity contribution is 7.80. The third-order valence-electron chi connectivity index (χ3n) is 4.57. The van der Waals surface area contributed by atoms with Crippen LogP contribution in [0.25, 0.3) is 0 Å². The first-order chi connectivity index (χ1) is 11.6. The number of hydrogen-bond acceptors (Lipinski definition) is 7. The fourth-order valence-corrected chi connectivity index (χ4v) is 3.53. The van der Waals surface area contributed by atoms with E-state index in [0.29, 0.717) is 17.9 Å². The van der Waals surface area contributed by atoms with Crippen molar-refractivity contribution < 1.29 is 31.6 Å². The Labute approximate surface area is 143 Å². The Morgan fingerprint density at radius 3 is 2.60 bits per heavy atom. The van der Waals surface area contributed by atoms with Crippen molar-refractivity contribution in [3.05, 3.63) is 0 Å². The lowest BCUT2D eigenvalue weighted by Gasteiger charge is -2.30. The molecule has 4 atom stereocenters. The Balaban J connectivity index is 1.63. The standard InChI is InChI=1S/C12H19N5O7S/c1-15(11(19)7-4-8(7)13)14-10(18)9-3-2-6-5-16(9)12(20)17(6)24-25(21,22)23/h6-9H,2-5,13H2,1H3,(H,14,18)(H,21,22,23)/t6?,7?,8?,9-/m0/s1. The van der Waals surface area contributed by atoms with Crippen molar-refractivity contribution in [1.82, 2.24) is 20.4 Å². The summed E-state index contributed by atoms with van der Waals surface area (Å²) < 4.78 is 34.7. The maximum atomic E-state index is 12.4. The van der Waals surface area contributed by atoms with E-state index in [4.69, 9.17) is 10.3 Å². The summed E-state index contributed by atoms with van der Waals surface area (Å²) in [5.74, 6) is -1.18. The second kappa shape index (κ2) is 6.09. The number of nitrogens with one attached hydrogen (secondary N) is 1. The fraction of sp³-hybridized carbons (Fsp3) is 0.750. The average Bonchev–Trinajstić information content (AvgIpc) is 3.21. The third-order valence-corrected chi connectivity index (χ3v) is 4.91. The van der Waals surface area contributed by atoms with E-state index in [1.807, 2.05) is 0 Å². The number of carbonyl (C=O) groups is 3. The lowest BCUT2D eigenvalue weighted by Crippen LogP contribution is -2.55. The number of hydrogen-bond donors (Lipinski definition) is 3. The first kappa shape index (κ1) is 17.8. The molecular formula is C12H19N5O7S. The molecule has 12 nitrogen and oxygen atoms in total.